The van der Waals surface area contributed by atoms with Gasteiger partial charge in [-0.2, -0.15) is 0 Å². The normalized spacial score (nSPS) is 10.4. The highest BCUT2D eigenvalue weighted by molar-refractivity contribution is 5.83. The van der Waals surface area contributed by atoms with Crippen molar-refractivity contribution in [3.05, 3.63) is 72.8 Å². The lowest BCUT2D eigenvalue weighted by Gasteiger charge is -2.10. The van der Waals surface area contributed by atoms with Crippen molar-refractivity contribution in [2.45, 2.75) is 0 Å². The predicted octanol–water partition coefficient (Wildman–Crippen LogP) is 4.31. The molecule has 0 fully saturated rings. The molecule has 0 bridgehead atoms. The molecular weight excluding hydrogens is 246 g/mol. The van der Waals surface area contributed by atoms with Crippen molar-refractivity contribution in [3.8, 4) is 28.0 Å². The molecular formula is C18H15NO. The van der Waals surface area contributed by atoms with Gasteiger partial charge in [-0.15, -0.1) is 0 Å². The Labute approximate surface area is 118 Å². The fourth-order valence-electron chi connectivity index (χ4n) is 2.29. The Morgan fingerprint density at radius 3 is 1.55 bits per heavy atom. The first-order valence-corrected chi connectivity index (χ1v) is 6.48. The summed E-state index contributed by atoms with van der Waals surface area (Å²) >= 11 is 0. The summed E-state index contributed by atoms with van der Waals surface area (Å²) in [7, 11) is 0. The number of nitrogen functional groups attached to an aromatic ring is 1. The van der Waals surface area contributed by atoms with E-state index in [0.29, 0.717) is 0 Å². The number of anilines is 1. The van der Waals surface area contributed by atoms with Gasteiger partial charge in [0, 0.05) is 5.69 Å². The van der Waals surface area contributed by atoms with Crippen LogP contribution in [-0.4, -0.2) is 5.11 Å². The van der Waals surface area contributed by atoms with E-state index in [9.17, 15) is 5.11 Å². The minimum absolute atomic E-state index is 0.277. The Balaban J connectivity index is 2.13. The van der Waals surface area contributed by atoms with Crippen molar-refractivity contribution in [2.75, 3.05) is 5.73 Å². The molecule has 0 saturated heterocycles. The summed E-state index contributed by atoms with van der Waals surface area (Å²) in [6.07, 6.45) is 0. The molecule has 0 aliphatic carbocycles. The maximum Gasteiger partial charge on any atom is 0.115 e. The molecule has 0 aromatic heterocycles. The standard InChI is InChI=1S/C18H15NO/c19-15-9-5-13(6-10-15)17-3-1-2-4-18(17)14-7-11-16(20)12-8-14/h1-12,20H,19H2. The molecule has 0 amide bonds. The van der Waals surface area contributed by atoms with Crippen LogP contribution in [0.4, 0.5) is 5.69 Å². The van der Waals surface area contributed by atoms with Gasteiger partial charge in [0.15, 0.2) is 0 Å². The number of benzene rings is 3. The molecule has 98 valence electrons. The second kappa shape index (κ2) is 5.10. The molecule has 2 nitrogen and oxygen atoms in total. The molecule has 0 heterocycles. The summed E-state index contributed by atoms with van der Waals surface area (Å²) in [5.74, 6) is 0.277. The number of nitrogens with two attached hydrogens (primary N) is 1. The van der Waals surface area contributed by atoms with Crippen molar-refractivity contribution in [1.82, 2.24) is 0 Å². The molecule has 2 heteroatoms. The van der Waals surface area contributed by atoms with Crippen LogP contribution in [0.1, 0.15) is 0 Å². The van der Waals surface area contributed by atoms with E-state index in [1.807, 2.05) is 48.5 Å². The van der Waals surface area contributed by atoms with Crippen molar-refractivity contribution >= 4 is 5.69 Å². The zero-order valence-electron chi connectivity index (χ0n) is 11.0. The average Bonchev–Trinajstić information content (AvgIpc) is 2.49. The maximum absolute atomic E-state index is 9.41. The Morgan fingerprint density at radius 2 is 1.05 bits per heavy atom. The third-order valence-corrected chi connectivity index (χ3v) is 3.33. The highest BCUT2D eigenvalue weighted by atomic mass is 16.3. The minimum Gasteiger partial charge on any atom is -0.508 e. The SMILES string of the molecule is Nc1ccc(-c2ccccc2-c2ccc(O)cc2)cc1. The second-order valence-electron chi connectivity index (χ2n) is 4.71. The lowest BCUT2D eigenvalue weighted by molar-refractivity contribution is 0.475. The van der Waals surface area contributed by atoms with Crippen molar-refractivity contribution in [1.29, 1.82) is 0 Å². The highest BCUT2D eigenvalue weighted by Crippen LogP contribution is 2.32. The number of phenols is 1. The first kappa shape index (κ1) is 12.3. The molecule has 0 atom stereocenters. The molecule has 0 aliphatic rings. The summed E-state index contributed by atoms with van der Waals surface area (Å²) in [6.45, 7) is 0. The van der Waals surface area contributed by atoms with E-state index in [1.165, 1.54) is 0 Å². The first-order valence-electron chi connectivity index (χ1n) is 6.48. The smallest absolute Gasteiger partial charge is 0.115 e. The molecule has 0 radical (unpaired) electrons. The number of hydrogen-bond donors (Lipinski definition) is 2. The molecule has 0 aliphatic heterocycles. The summed E-state index contributed by atoms with van der Waals surface area (Å²) in [4.78, 5) is 0. The van der Waals surface area contributed by atoms with E-state index in [0.717, 1.165) is 27.9 Å². The van der Waals surface area contributed by atoms with E-state index in [1.54, 1.807) is 12.1 Å². The van der Waals surface area contributed by atoms with Crippen LogP contribution < -0.4 is 5.73 Å². The van der Waals surface area contributed by atoms with Gasteiger partial charge in [-0.3, -0.25) is 0 Å². The number of phenolic OH excluding ortho intramolecular Hbond substituents is 1. The molecule has 0 saturated carbocycles. The zero-order valence-corrected chi connectivity index (χ0v) is 11.0. The monoisotopic (exact) mass is 261 g/mol. The van der Waals surface area contributed by atoms with Gasteiger partial charge in [-0.05, 0) is 46.5 Å². The van der Waals surface area contributed by atoms with Crippen LogP contribution in [0.2, 0.25) is 0 Å². The lowest BCUT2D eigenvalue weighted by Crippen LogP contribution is -1.87. The molecule has 0 spiro atoms. The van der Waals surface area contributed by atoms with E-state index in [4.69, 9.17) is 5.73 Å². The largest absolute Gasteiger partial charge is 0.508 e. The van der Waals surface area contributed by atoms with Gasteiger partial charge in [0.2, 0.25) is 0 Å². The number of hydrogen-bond acceptors (Lipinski definition) is 2. The lowest BCUT2D eigenvalue weighted by atomic mass is 9.94. The Hall–Kier alpha value is -2.74. The fraction of sp³-hybridized carbons (Fsp3) is 0. The summed E-state index contributed by atoms with van der Waals surface area (Å²) in [5, 5.41) is 9.41. The molecule has 0 unspecified atom stereocenters. The van der Waals surface area contributed by atoms with E-state index in [2.05, 4.69) is 12.1 Å². The highest BCUT2D eigenvalue weighted by Gasteiger charge is 2.06. The average molecular weight is 261 g/mol. The van der Waals surface area contributed by atoms with Gasteiger partial charge in [0.25, 0.3) is 0 Å². The van der Waals surface area contributed by atoms with Crippen molar-refractivity contribution < 1.29 is 5.11 Å². The van der Waals surface area contributed by atoms with Crippen LogP contribution in [0.25, 0.3) is 22.3 Å². The van der Waals surface area contributed by atoms with Crippen molar-refractivity contribution in [2.24, 2.45) is 0 Å². The van der Waals surface area contributed by atoms with Crippen LogP contribution in [-0.2, 0) is 0 Å². The molecule has 3 N–H and O–H groups in total. The third kappa shape index (κ3) is 2.36. The fourth-order valence-corrected chi connectivity index (χ4v) is 2.29. The molecule has 3 rings (SSSR count). The summed E-state index contributed by atoms with van der Waals surface area (Å²) in [6, 6.07) is 23.3. The van der Waals surface area contributed by atoms with Gasteiger partial charge >= 0.3 is 0 Å². The van der Waals surface area contributed by atoms with Crippen LogP contribution in [0.5, 0.6) is 5.75 Å². The van der Waals surface area contributed by atoms with E-state index < -0.39 is 0 Å². The van der Waals surface area contributed by atoms with Crippen molar-refractivity contribution in [3.63, 3.8) is 0 Å². The van der Waals surface area contributed by atoms with Crippen LogP contribution in [0, 0.1) is 0 Å². The molecule has 20 heavy (non-hydrogen) atoms. The zero-order chi connectivity index (χ0) is 13.9. The van der Waals surface area contributed by atoms with Crippen LogP contribution in [0.15, 0.2) is 72.8 Å². The first-order chi connectivity index (χ1) is 9.74. The molecule has 3 aromatic carbocycles. The Bertz CT molecular complexity index is 651. The maximum atomic E-state index is 9.41. The Kier molecular flexibility index (Phi) is 3.13. The van der Waals surface area contributed by atoms with E-state index >= 15 is 0 Å². The second-order valence-corrected chi connectivity index (χ2v) is 4.71. The van der Waals surface area contributed by atoms with Gasteiger partial charge < -0.3 is 10.8 Å². The topological polar surface area (TPSA) is 46.2 Å². The van der Waals surface area contributed by atoms with Crippen LogP contribution >= 0.6 is 0 Å². The summed E-state index contributed by atoms with van der Waals surface area (Å²) < 4.78 is 0. The third-order valence-electron chi connectivity index (χ3n) is 3.33. The number of aromatic hydroxyl groups is 1. The Morgan fingerprint density at radius 1 is 0.600 bits per heavy atom. The quantitative estimate of drug-likeness (QED) is 0.675. The number of rotatable bonds is 2. The van der Waals surface area contributed by atoms with Gasteiger partial charge in [0.05, 0.1) is 0 Å². The van der Waals surface area contributed by atoms with Gasteiger partial charge in [0.1, 0.15) is 5.75 Å². The molecule has 3 aromatic rings. The minimum atomic E-state index is 0.277. The van der Waals surface area contributed by atoms with E-state index in [-0.39, 0.29) is 5.75 Å². The van der Waals surface area contributed by atoms with Crippen LogP contribution in [0.3, 0.4) is 0 Å². The van der Waals surface area contributed by atoms with Gasteiger partial charge in [-0.1, -0.05) is 48.5 Å². The van der Waals surface area contributed by atoms with Gasteiger partial charge in [-0.25, -0.2) is 0 Å². The summed E-state index contributed by atoms with van der Waals surface area (Å²) in [5.41, 5.74) is 11.0. The predicted molar refractivity (Wildman–Crippen MR) is 83.4 cm³/mol.